The molecule has 3 nitrogen and oxygen atoms in total. The van der Waals surface area contributed by atoms with Crippen molar-refractivity contribution in [3.05, 3.63) is 52.1 Å². The van der Waals surface area contributed by atoms with Gasteiger partial charge in [-0.15, -0.1) is 0 Å². The van der Waals surface area contributed by atoms with Crippen molar-refractivity contribution in [2.24, 2.45) is 0 Å². The number of nitrogens with one attached hydrogen (secondary N) is 1. The van der Waals surface area contributed by atoms with Gasteiger partial charge in [0.25, 0.3) is 5.56 Å². The summed E-state index contributed by atoms with van der Waals surface area (Å²) in [6.07, 6.45) is 3.70. The molecule has 100 valence electrons. The van der Waals surface area contributed by atoms with Gasteiger partial charge >= 0.3 is 0 Å². The molecule has 1 heterocycles. The Morgan fingerprint density at radius 3 is 2.47 bits per heavy atom. The van der Waals surface area contributed by atoms with Crippen molar-refractivity contribution < 1.29 is 0 Å². The van der Waals surface area contributed by atoms with E-state index in [2.05, 4.69) is 41.2 Å². The van der Waals surface area contributed by atoms with Crippen LogP contribution in [0.3, 0.4) is 0 Å². The fraction of sp³-hybridized carbons (Fsp3) is 0.375. The molecular weight excluding hydrogens is 236 g/mol. The fourth-order valence-corrected chi connectivity index (χ4v) is 2.29. The standard InChI is InChI=1S/C16H20N2O/c1-4-5-12-6-8-13(9-7-12)15-14(11(2)3)16(19)18-10-17-15/h6-11H,4-5H2,1-3H3,(H,17,18,19). The average Bonchev–Trinajstić information content (AvgIpc) is 2.39. The molecule has 0 aliphatic rings. The predicted molar refractivity (Wildman–Crippen MR) is 78.4 cm³/mol. The highest BCUT2D eigenvalue weighted by molar-refractivity contribution is 5.63. The van der Waals surface area contributed by atoms with Crippen LogP contribution in [0.1, 0.15) is 44.2 Å². The Labute approximate surface area is 113 Å². The number of H-pyrrole nitrogens is 1. The monoisotopic (exact) mass is 256 g/mol. The van der Waals surface area contributed by atoms with E-state index in [9.17, 15) is 4.79 Å². The maximum absolute atomic E-state index is 11.9. The summed E-state index contributed by atoms with van der Waals surface area (Å²) in [6.45, 7) is 6.20. The van der Waals surface area contributed by atoms with Crippen molar-refractivity contribution in [2.75, 3.05) is 0 Å². The fourth-order valence-electron chi connectivity index (χ4n) is 2.29. The molecule has 0 saturated carbocycles. The first-order valence-electron chi connectivity index (χ1n) is 6.80. The zero-order chi connectivity index (χ0) is 13.8. The van der Waals surface area contributed by atoms with Crippen LogP contribution in [0.2, 0.25) is 0 Å². The van der Waals surface area contributed by atoms with E-state index in [1.807, 2.05) is 13.8 Å². The Morgan fingerprint density at radius 1 is 1.21 bits per heavy atom. The van der Waals surface area contributed by atoms with Crippen LogP contribution in [-0.4, -0.2) is 9.97 Å². The van der Waals surface area contributed by atoms with Gasteiger partial charge in [0, 0.05) is 11.1 Å². The zero-order valence-electron chi connectivity index (χ0n) is 11.7. The Kier molecular flexibility index (Phi) is 4.15. The molecule has 1 aromatic carbocycles. The molecule has 0 spiro atoms. The van der Waals surface area contributed by atoms with Crippen LogP contribution in [0, 0.1) is 0 Å². The summed E-state index contributed by atoms with van der Waals surface area (Å²) in [5, 5.41) is 0. The van der Waals surface area contributed by atoms with Crippen LogP contribution < -0.4 is 5.56 Å². The van der Waals surface area contributed by atoms with E-state index >= 15 is 0 Å². The van der Waals surface area contributed by atoms with E-state index in [1.165, 1.54) is 11.9 Å². The van der Waals surface area contributed by atoms with Gasteiger partial charge in [-0.05, 0) is 17.9 Å². The molecule has 3 heteroatoms. The van der Waals surface area contributed by atoms with E-state index in [0.29, 0.717) is 0 Å². The Balaban J connectivity index is 2.47. The van der Waals surface area contributed by atoms with Gasteiger partial charge in [0.05, 0.1) is 12.0 Å². The number of hydrogen-bond donors (Lipinski definition) is 1. The molecule has 0 fully saturated rings. The molecule has 0 unspecified atom stereocenters. The number of aromatic nitrogens is 2. The van der Waals surface area contributed by atoms with Crippen molar-refractivity contribution in [3.63, 3.8) is 0 Å². The molecule has 1 N–H and O–H groups in total. The molecular formula is C16H20N2O. The summed E-state index contributed by atoms with van der Waals surface area (Å²) in [5.74, 6) is 0.155. The molecule has 0 aliphatic carbocycles. The summed E-state index contributed by atoms with van der Waals surface area (Å²) < 4.78 is 0. The average molecular weight is 256 g/mol. The normalized spacial score (nSPS) is 10.9. The zero-order valence-corrected chi connectivity index (χ0v) is 11.7. The molecule has 2 rings (SSSR count). The third-order valence-electron chi connectivity index (χ3n) is 3.23. The van der Waals surface area contributed by atoms with Crippen LogP contribution >= 0.6 is 0 Å². The number of benzene rings is 1. The van der Waals surface area contributed by atoms with Gasteiger partial charge in [0.15, 0.2) is 0 Å². The van der Waals surface area contributed by atoms with Gasteiger partial charge in [-0.2, -0.15) is 0 Å². The van der Waals surface area contributed by atoms with Crippen LogP contribution in [0.4, 0.5) is 0 Å². The van der Waals surface area contributed by atoms with Gasteiger partial charge < -0.3 is 4.98 Å². The van der Waals surface area contributed by atoms with Crippen molar-refractivity contribution >= 4 is 0 Å². The highest BCUT2D eigenvalue weighted by Crippen LogP contribution is 2.24. The maximum atomic E-state index is 11.9. The van der Waals surface area contributed by atoms with Gasteiger partial charge in [-0.25, -0.2) is 4.98 Å². The Bertz CT molecular complexity index is 597. The number of nitrogens with zero attached hydrogens (tertiary/aromatic N) is 1. The van der Waals surface area contributed by atoms with Gasteiger partial charge in [-0.1, -0.05) is 51.5 Å². The van der Waals surface area contributed by atoms with E-state index in [1.54, 1.807) is 0 Å². The van der Waals surface area contributed by atoms with E-state index in [-0.39, 0.29) is 11.5 Å². The first kappa shape index (κ1) is 13.5. The van der Waals surface area contributed by atoms with Crippen molar-refractivity contribution in [1.29, 1.82) is 0 Å². The molecule has 2 aromatic rings. The van der Waals surface area contributed by atoms with E-state index in [4.69, 9.17) is 0 Å². The van der Waals surface area contributed by atoms with Crippen LogP contribution in [-0.2, 0) is 6.42 Å². The smallest absolute Gasteiger partial charge is 0.254 e. The topological polar surface area (TPSA) is 45.8 Å². The lowest BCUT2D eigenvalue weighted by Crippen LogP contribution is -2.16. The molecule has 0 radical (unpaired) electrons. The number of aromatic amines is 1. The number of rotatable bonds is 4. The van der Waals surface area contributed by atoms with Gasteiger partial charge in [0.2, 0.25) is 0 Å². The van der Waals surface area contributed by atoms with Crippen molar-refractivity contribution in [3.8, 4) is 11.3 Å². The van der Waals surface area contributed by atoms with Crippen LogP contribution in [0.5, 0.6) is 0 Å². The third kappa shape index (κ3) is 2.92. The van der Waals surface area contributed by atoms with Gasteiger partial charge in [-0.3, -0.25) is 4.79 Å². The minimum absolute atomic E-state index is 0.0439. The van der Waals surface area contributed by atoms with Crippen molar-refractivity contribution in [2.45, 2.75) is 39.5 Å². The Hall–Kier alpha value is -1.90. The second-order valence-electron chi connectivity index (χ2n) is 5.10. The van der Waals surface area contributed by atoms with E-state index in [0.717, 1.165) is 29.7 Å². The summed E-state index contributed by atoms with van der Waals surface area (Å²) in [4.78, 5) is 18.9. The van der Waals surface area contributed by atoms with Gasteiger partial charge in [0.1, 0.15) is 0 Å². The van der Waals surface area contributed by atoms with E-state index < -0.39 is 0 Å². The Morgan fingerprint density at radius 2 is 1.89 bits per heavy atom. The van der Waals surface area contributed by atoms with Crippen molar-refractivity contribution in [1.82, 2.24) is 9.97 Å². The number of hydrogen-bond acceptors (Lipinski definition) is 2. The molecule has 0 amide bonds. The lowest BCUT2D eigenvalue weighted by atomic mass is 9.97. The quantitative estimate of drug-likeness (QED) is 0.909. The maximum Gasteiger partial charge on any atom is 0.254 e. The van der Waals surface area contributed by atoms with Crippen LogP contribution in [0.15, 0.2) is 35.4 Å². The lowest BCUT2D eigenvalue weighted by molar-refractivity contribution is 0.833. The molecule has 0 atom stereocenters. The minimum Gasteiger partial charge on any atom is -0.313 e. The molecule has 19 heavy (non-hydrogen) atoms. The highest BCUT2D eigenvalue weighted by Gasteiger charge is 2.13. The highest BCUT2D eigenvalue weighted by atomic mass is 16.1. The SMILES string of the molecule is CCCc1ccc(-c2nc[nH]c(=O)c2C(C)C)cc1. The number of aryl methyl sites for hydroxylation is 1. The summed E-state index contributed by atoms with van der Waals surface area (Å²) in [7, 11) is 0. The summed E-state index contributed by atoms with van der Waals surface area (Å²) >= 11 is 0. The third-order valence-corrected chi connectivity index (χ3v) is 3.23. The lowest BCUT2D eigenvalue weighted by Gasteiger charge is -2.10. The predicted octanol–water partition coefficient (Wildman–Crippen LogP) is 3.51. The first-order chi connectivity index (χ1) is 9.13. The molecule has 1 aromatic heterocycles. The first-order valence-corrected chi connectivity index (χ1v) is 6.80. The largest absolute Gasteiger partial charge is 0.313 e. The minimum atomic E-state index is -0.0439. The van der Waals surface area contributed by atoms with Crippen LogP contribution in [0.25, 0.3) is 11.3 Å². The molecule has 0 aliphatic heterocycles. The summed E-state index contributed by atoms with van der Waals surface area (Å²) in [5.41, 5.74) is 3.84. The molecule has 0 bridgehead atoms. The second-order valence-corrected chi connectivity index (χ2v) is 5.10. The molecule has 0 saturated heterocycles. The summed E-state index contributed by atoms with van der Waals surface area (Å²) in [6, 6.07) is 8.34. The second kappa shape index (κ2) is 5.83.